The summed E-state index contributed by atoms with van der Waals surface area (Å²) >= 11 is 0. The molecule has 0 aromatic heterocycles. The van der Waals surface area contributed by atoms with Gasteiger partial charge in [-0.05, 0) is 19.8 Å². The molecule has 2 nitrogen and oxygen atoms in total. The maximum absolute atomic E-state index is 5.70. The third kappa shape index (κ3) is 3.25. The van der Waals surface area contributed by atoms with E-state index in [1.807, 2.05) is 6.92 Å². The second-order valence-electron chi connectivity index (χ2n) is 2.97. The Morgan fingerprint density at radius 2 is 1.92 bits per heavy atom. The lowest BCUT2D eigenvalue weighted by Crippen LogP contribution is -2.50. The molecule has 0 bridgehead atoms. The molecule has 0 atom stereocenters. The van der Waals surface area contributed by atoms with E-state index in [1.165, 1.54) is 0 Å². The predicted octanol–water partition coefficient (Wildman–Crippen LogP) is 1.12. The van der Waals surface area contributed by atoms with Crippen molar-refractivity contribution in [1.82, 2.24) is 5.32 Å². The van der Waals surface area contributed by atoms with Gasteiger partial charge in [-0.25, -0.2) is 0 Å². The van der Waals surface area contributed by atoms with E-state index in [0.29, 0.717) is 6.54 Å². The van der Waals surface area contributed by atoms with Crippen LogP contribution in [0.25, 0.3) is 0 Å². The fourth-order valence-electron chi connectivity index (χ4n) is 1.18. The van der Waals surface area contributed by atoms with Crippen LogP contribution in [0.4, 0.5) is 0 Å². The molecular weight excluding hydrogens is 148 g/mol. The van der Waals surface area contributed by atoms with E-state index < -0.39 is 0 Å². The zero-order chi connectivity index (χ0) is 9.45. The van der Waals surface area contributed by atoms with Gasteiger partial charge in [0.15, 0.2) is 0 Å². The van der Waals surface area contributed by atoms with E-state index in [1.54, 1.807) is 0 Å². The second-order valence-corrected chi connectivity index (χ2v) is 2.97. The molecule has 0 fully saturated rings. The number of hydrogen-bond acceptors (Lipinski definition) is 2. The average molecular weight is 168 g/mol. The second kappa shape index (κ2) is 6.05. The molecule has 0 unspecified atom stereocenters. The lowest BCUT2D eigenvalue weighted by Gasteiger charge is -2.30. The summed E-state index contributed by atoms with van der Waals surface area (Å²) in [5.74, 6) is 5.85. The molecule has 70 valence electrons. The van der Waals surface area contributed by atoms with Crippen LogP contribution in [0.15, 0.2) is 0 Å². The highest BCUT2D eigenvalue weighted by atomic mass is 15.0. The lowest BCUT2D eigenvalue weighted by atomic mass is 9.93. The predicted molar refractivity (Wildman–Crippen MR) is 53.8 cm³/mol. The summed E-state index contributed by atoms with van der Waals surface area (Å²) in [5.41, 5.74) is 5.80. The third-order valence-electron chi connectivity index (χ3n) is 2.47. The maximum Gasteiger partial charge on any atom is 0.0581 e. The van der Waals surface area contributed by atoms with E-state index in [0.717, 1.165) is 19.4 Å². The van der Waals surface area contributed by atoms with Gasteiger partial charge in [-0.2, -0.15) is 0 Å². The standard InChI is InChI=1S/C10H20N2/c1-4-7-8-12-10(5-2,6-3)9-11/h12H,5-6,8-9,11H2,1-3H3. The van der Waals surface area contributed by atoms with Crippen LogP contribution in [0.2, 0.25) is 0 Å². The normalized spacial score (nSPS) is 10.7. The number of nitrogens with two attached hydrogens (primary N) is 1. The van der Waals surface area contributed by atoms with Gasteiger partial charge in [-0.15, -0.1) is 5.92 Å². The van der Waals surface area contributed by atoms with Crippen molar-refractivity contribution in [3.63, 3.8) is 0 Å². The molecule has 12 heavy (non-hydrogen) atoms. The molecule has 0 aliphatic heterocycles. The van der Waals surface area contributed by atoms with Crippen LogP contribution >= 0.6 is 0 Å². The summed E-state index contributed by atoms with van der Waals surface area (Å²) in [7, 11) is 0. The Morgan fingerprint density at radius 1 is 1.33 bits per heavy atom. The SMILES string of the molecule is CC#CCNC(CC)(CC)CN. The molecule has 0 saturated heterocycles. The molecule has 0 aliphatic rings. The Balaban J connectivity index is 3.98. The Bertz CT molecular complexity index is 152. The van der Waals surface area contributed by atoms with Crippen LogP contribution in [0.3, 0.4) is 0 Å². The third-order valence-corrected chi connectivity index (χ3v) is 2.47. The van der Waals surface area contributed by atoms with Crippen LogP contribution in [-0.4, -0.2) is 18.6 Å². The van der Waals surface area contributed by atoms with Crippen LogP contribution in [0, 0.1) is 11.8 Å². The minimum Gasteiger partial charge on any atom is -0.329 e. The summed E-state index contributed by atoms with van der Waals surface area (Å²) in [6, 6.07) is 0. The quantitative estimate of drug-likeness (QED) is 0.604. The van der Waals surface area contributed by atoms with Gasteiger partial charge in [-0.3, -0.25) is 5.32 Å². The highest BCUT2D eigenvalue weighted by Crippen LogP contribution is 2.12. The van der Waals surface area contributed by atoms with Crippen molar-refractivity contribution >= 4 is 0 Å². The molecule has 0 aromatic carbocycles. The zero-order valence-corrected chi connectivity index (χ0v) is 8.41. The summed E-state index contributed by atoms with van der Waals surface area (Å²) < 4.78 is 0. The van der Waals surface area contributed by atoms with E-state index in [2.05, 4.69) is 31.0 Å². The minimum absolute atomic E-state index is 0.101. The fraction of sp³-hybridized carbons (Fsp3) is 0.800. The van der Waals surface area contributed by atoms with Gasteiger partial charge in [0, 0.05) is 12.1 Å². The van der Waals surface area contributed by atoms with Gasteiger partial charge in [0.05, 0.1) is 6.54 Å². The zero-order valence-electron chi connectivity index (χ0n) is 8.41. The summed E-state index contributed by atoms with van der Waals surface area (Å²) in [6.45, 7) is 7.59. The summed E-state index contributed by atoms with van der Waals surface area (Å²) in [6.07, 6.45) is 2.12. The van der Waals surface area contributed by atoms with E-state index in [4.69, 9.17) is 5.73 Å². The highest BCUT2D eigenvalue weighted by Gasteiger charge is 2.22. The first-order valence-corrected chi connectivity index (χ1v) is 4.59. The number of nitrogens with one attached hydrogen (secondary N) is 1. The topological polar surface area (TPSA) is 38.0 Å². The molecule has 0 rings (SSSR count). The molecule has 0 aliphatic carbocycles. The van der Waals surface area contributed by atoms with Gasteiger partial charge in [0.25, 0.3) is 0 Å². The number of hydrogen-bond donors (Lipinski definition) is 2. The maximum atomic E-state index is 5.70. The van der Waals surface area contributed by atoms with Crippen molar-refractivity contribution in [2.45, 2.75) is 39.2 Å². The van der Waals surface area contributed by atoms with Gasteiger partial charge in [0.2, 0.25) is 0 Å². The fourth-order valence-corrected chi connectivity index (χ4v) is 1.18. The lowest BCUT2D eigenvalue weighted by molar-refractivity contribution is 0.324. The first-order valence-electron chi connectivity index (χ1n) is 4.59. The van der Waals surface area contributed by atoms with Gasteiger partial charge < -0.3 is 5.73 Å². The smallest absolute Gasteiger partial charge is 0.0581 e. The monoisotopic (exact) mass is 168 g/mol. The van der Waals surface area contributed by atoms with E-state index in [9.17, 15) is 0 Å². The molecule has 0 heterocycles. The van der Waals surface area contributed by atoms with Crippen molar-refractivity contribution in [1.29, 1.82) is 0 Å². The van der Waals surface area contributed by atoms with E-state index >= 15 is 0 Å². The summed E-state index contributed by atoms with van der Waals surface area (Å²) in [4.78, 5) is 0. The molecule has 0 radical (unpaired) electrons. The van der Waals surface area contributed by atoms with Gasteiger partial charge in [0.1, 0.15) is 0 Å². The molecule has 0 saturated carbocycles. The largest absolute Gasteiger partial charge is 0.329 e. The molecule has 2 heteroatoms. The molecule has 3 N–H and O–H groups in total. The average Bonchev–Trinajstić information content (AvgIpc) is 2.14. The minimum atomic E-state index is 0.101. The Labute approximate surface area is 75.9 Å². The number of rotatable bonds is 5. The molecule has 0 spiro atoms. The van der Waals surface area contributed by atoms with Gasteiger partial charge in [-0.1, -0.05) is 19.8 Å². The van der Waals surface area contributed by atoms with E-state index in [-0.39, 0.29) is 5.54 Å². The first-order chi connectivity index (χ1) is 5.74. The van der Waals surface area contributed by atoms with Crippen LogP contribution in [-0.2, 0) is 0 Å². The van der Waals surface area contributed by atoms with Crippen molar-refractivity contribution in [2.75, 3.05) is 13.1 Å². The van der Waals surface area contributed by atoms with Crippen LogP contribution < -0.4 is 11.1 Å². The summed E-state index contributed by atoms with van der Waals surface area (Å²) in [5, 5.41) is 3.38. The first kappa shape index (κ1) is 11.5. The van der Waals surface area contributed by atoms with Crippen molar-refractivity contribution in [3.05, 3.63) is 0 Å². The molecule has 0 amide bonds. The van der Waals surface area contributed by atoms with Crippen molar-refractivity contribution in [3.8, 4) is 11.8 Å². The van der Waals surface area contributed by atoms with Crippen molar-refractivity contribution in [2.24, 2.45) is 5.73 Å². The highest BCUT2D eigenvalue weighted by molar-refractivity contribution is 5.00. The molecular formula is C10H20N2. The Kier molecular flexibility index (Phi) is 5.79. The molecule has 0 aromatic rings. The van der Waals surface area contributed by atoms with Crippen molar-refractivity contribution < 1.29 is 0 Å². The Morgan fingerprint density at radius 3 is 2.25 bits per heavy atom. The van der Waals surface area contributed by atoms with Crippen LogP contribution in [0.5, 0.6) is 0 Å². The van der Waals surface area contributed by atoms with Gasteiger partial charge >= 0.3 is 0 Å². The van der Waals surface area contributed by atoms with Crippen LogP contribution in [0.1, 0.15) is 33.6 Å². The Hall–Kier alpha value is -0.520.